The number of rotatable bonds is 7. The summed E-state index contributed by atoms with van der Waals surface area (Å²) in [5.41, 5.74) is 3.62. The van der Waals surface area contributed by atoms with E-state index in [1.165, 1.54) is 0 Å². The van der Waals surface area contributed by atoms with Gasteiger partial charge in [-0.25, -0.2) is 0 Å². The van der Waals surface area contributed by atoms with Crippen molar-refractivity contribution >= 4 is 23.3 Å². The van der Waals surface area contributed by atoms with E-state index in [0.29, 0.717) is 12.1 Å². The summed E-state index contributed by atoms with van der Waals surface area (Å²) in [5, 5.41) is 0. The van der Waals surface area contributed by atoms with Crippen LogP contribution in [0.3, 0.4) is 0 Å². The highest BCUT2D eigenvalue weighted by Crippen LogP contribution is 2.32. The van der Waals surface area contributed by atoms with Gasteiger partial charge >= 0.3 is 5.97 Å². The fourth-order valence-electron chi connectivity index (χ4n) is 3.61. The second-order valence-corrected chi connectivity index (χ2v) is 6.93. The quantitative estimate of drug-likeness (QED) is 0.545. The molecule has 1 atom stereocenters. The van der Waals surface area contributed by atoms with Crippen LogP contribution in [-0.4, -0.2) is 30.8 Å². The molecule has 0 aromatic heterocycles. The third-order valence-electron chi connectivity index (χ3n) is 5.13. The first-order valence-corrected chi connectivity index (χ1v) is 9.71. The minimum atomic E-state index is -0.550. The van der Waals surface area contributed by atoms with Gasteiger partial charge in [0.2, 0.25) is 5.91 Å². The number of benzene rings is 2. The van der Waals surface area contributed by atoms with Crippen LogP contribution in [0.4, 0.5) is 5.69 Å². The highest BCUT2D eigenvalue weighted by Gasteiger charge is 2.37. The molecular weight excluding hydrogens is 354 g/mol. The largest absolute Gasteiger partial charge is 0.457 e. The van der Waals surface area contributed by atoms with Crippen molar-refractivity contribution in [2.75, 3.05) is 18.1 Å². The summed E-state index contributed by atoms with van der Waals surface area (Å²) in [5.74, 6) is -1.37. The number of carbonyl (C=O) groups excluding carboxylic acids is 3. The van der Waals surface area contributed by atoms with E-state index in [1.807, 2.05) is 24.3 Å². The molecule has 1 heterocycles. The van der Waals surface area contributed by atoms with Crippen molar-refractivity contribution in [2.24, 2.45) is 5.92 Å². The third kappa shape index (κ3) is 4.14. The van der Waals surface area contributed by atoms with Crippen LogP contribution in [0, 0.1) is 5.92 Å². The van der Waals surface area contributed by atoms with Gasteiger partial charge in [0.1, 0.15) is 0 Å². The first-order valence-electron chi connectivity index (χ1n) is 9.71. The first kappa shape index (κ1) is 19.8. The number of carbonyl (C=O) groups is 3. The first-order chi connectivity index (χ1) is 13.5. The number of aryl methyl sites for hydroxylation is 2. The number of esters is 1. The highest BCUT2D eigenvalue weighted by atomic mass is 16.5. The van der Waals surface area contributed by atoms with Gasteiger partial charge in [-0.15, -0.1) is 0 Å². The smallest absolute Gasteiger partial charge is 0.311 e. The second-order valence-electron chi connectivity index (χ2n) is 6.93. The molecule has 2 aromatic rings. The number of hydrogen-bond donors (Lipinski definition) is 0. The van der Waals surface area contributed by atoms with Gasteiger partial charge < -0.3 is 9.64 Å². The lowest BCUT2D eigenvalue weighted by atomic mass is 10.0. The van der Waals surface area contributed by atoms with Crippen LogP contribution in [0.25, 0.3) is 0 Å². The predicted octanol–water partition coefficient (Wildman–Crippen LogP) is 3.59. The summed E-state index contributed by atoms with van der Waals surface area (Å²) in [6.07, 6.45) is 1.74. The molecule has 28 heavy (non-hydrogen) atoms. The topological polar surface area (TPSA) is 63.7 Å². The SMILES string of the molecule is CCc1cccc(CC)c1N1C[C@@H](C(=O)OCC(=O)c2ccccc2)CC1=O. The zero-order valence-electron chi connectivity index (χ0n) is 16.3. The maximum absolute atomic E-state index is 12.6. The zero-order valence-corrected chi connectivity index (χ0v) is 16.3. The molecule has 2 aromatic carbocycles. The Morgan fingerprint density at radius 2 is 1.64 bits per heavy atom. The maximum atomic E-state index is 12.6. The molecule has 146 valence electrons. The van der Waals surface area contributed by atoms with E-state index in [0.717, 1.165) is 29.7 Å². The molecule has 0 spiro atoms. The van der Waals surface area contributed by atoms with Crippen LogP contribution in [0.1, 0.15) is 41.8 Å². The molecule has 1 amide bonds. The Balaban J connectivity index is 1.68. The number of Topliss-reactive ketones (excluding diaryl/α,β-unsaturated/α-hetero) is 1. The van der Waals surface area contributed by atoms with Crippen molar-refractivity contribution in [1.82, 2.24) is 0 Å². The van der Waals surface area contributed by atoms with E-state index < -0.39 is 11.9 Å². The predicted molar refractivity (Wildman–Crippen MR) is 107 cm³/mol. The Hall–Kier alpha value is -2.95. The minimum absolute atomic E-state index is 0.0769. The summed E-state index contributed by atoms with van der Waals surface area (Å²) in [6.45, 7) is 4.10. The summed E-state index contributed by atoms with van der Waals surface area (Å²) < 4.78 is 5.22. The lowest BCUT2D eigenvalue weighted by molar-refractivity contribution is -0.147. The second kappa shape index (κ2) is 8.83. The molecule has 0 aliphatic carbocycles. The lowest BCUT2D eigenvalue weighted by Gasteiger charge is -2.23. The van der Waals surface area contributed by atoms with Crippen LogP contribution in [-0.2, 0) is 27.2 Å². The van der Waals surface area contributed by atoms with E-state index in [2.05, 4.69) is 13.8 Å². The van der Waals surface area contributed by atoms with Gasteiger partial charge in [0, 0.05) is 24.2 Å². The summed E-state index contributed by atoms with van der Waals surface area (Å²) in [6, 6.07) is 14.8. The van der Waals surface area contributed by atoms with Gasteiger partial charge in [-0.1, -0.05) is 62.4 Å². The van der Waals surface area contributed by atoms with Crippen molar-refractivity contribution < 1.29 is 19.1 Å². The van der Waals surface area contributed by atoms with Gasteiger partial charge in [0.25, 0.3) is 0 Å². The molecule has 1 aliphatic heterocycles. The number of ether oxygens (including phenoxy) is 1. The molecule has 3 rings (SSSR count). The summed E-state index contributed by atoms with van der Waals surface area (Å²) in [7, 11) is 0. The highest BCUT2D eigenvalue weighted by molar-refractivity contribution is 6.01. The molecular formula is C23H25NO4. The van der Waals surface area contributed by atoms with E-state index in [9.17, 15) is 14.4 Å². The Labute approximate surface area is 165 Å². The van der Waals surface area contributed by atoms with E-state index in [-0.39, 0.29) is 24.7 Å². The molecule has 0 bridgehead atoms. The summed E-state index contributed by atoms with van der Waals surface area (Å²) in [4.78, 5) is 38.9. The Morgan fingerprint density at radius 3 is 2.25 bits per heavy atom. The third-order valence-corrected chi connectivity index (χ3v) is 5.13. The van der Waals surface area contributed by atoms with Gasteiger partial charge in [-0.3, -0.25) is 14.4 Å². The van der Waals surface area contributed by atoms with Crippen molar-refractivity contribution in [1.29, 1.82) is 0 Å². The van der Waals surface area contributed by atoms with Crippen LogP contribution >= 0.6 is 0 Å². The molecule has 1 fully saturated rings. The van der Waals surface area contributed by atoms with E-state index >= 15 is 0 Å². The molecule has 5 heteroatoms. The van der Waals surface area contributed by atoms with E-state index in [1.54, 1.807) is 29.2 Å². The average Bonchev–Trinajstić information content (AvgIpc) is 3.12. The van der Waals surface area contributed by atoms with Gasteiger partial charge in [0.05, 0.1) is 5.92 Å². The number of para-hydroxylation sites is 1. The van der Waals surface area contributed by atoms with Crippen LogP contribution in [0.15, 0.2) is 48.5 Å². The Morgan fingerprint density at radius 1 is 1.00 bits per heavy atom. The van der Waals surface area contributed by atoms with Gasteiger partial charge in [-0.2, -0.15) is 0 Å². The van der Waals surface area contributed by atoms with Crippen molar-refractivity contribution in [3.63, 3.8) is 0 Å². The number of hydrogen-bond acceptors (Lipinski definition) is 4. The normalized spacial score (nSPS) is 16.3. The fourth-order valence-corrected chi connectivity index (χ4v) is 3.61. The molecule has 0 saturated carbocycles. The van der Waals surface area contributed by atoms with Gasteiger partial charge in [-0.05, 0) is 24.0 Å². The summed E-state index contributed by atoms with van der Waals surface area (Å²) >= 11 is 0. The Kier molecular flexibility index (Phi) is 6.24. The average molecular weight is 379 g/mol. The zero-order chi connectivity index (χ0) is 20.1. The van der Waals surface area contributed by atoms with Crippen LogP contribution in [0.2, 0.25) is 0 Å². The van der Waals surface area contributed by atoms with Crippen molar-refractivity contribution in [2.45, 2.75) is 33.1 Å². The number of nitrogens with zero attached hydrogens (tertiary/aromatic N) is 1. The molecule has 0 N–H and O–H groups in total. The Bertz CT molecular complexity index is 853. The number of anilines is 1. The molecule has 0 unspecified atom stereocenters. The lowest BCUT2D eigenvalue weighted by Crippen LogP contribution is -2.29. The maximum Gasteiger partial charge on any atom is 0.311 e. The monoisotopic (exact) mass is 379 g/mol. The van der Waals surface area contributed by atoms with Crippen LogP contribution < -0.4 is 4.90 Å². The minimum Gasteiger partial charge on any atom is -0.457 e. The number of amides is 1. The standard InChI is InChI=1S/C23H25NO4/c1-3-16-11-8-12-17(4-2)22(16)24-14-19(13-21(24)26)23(27)28-15-20(25)18-9-6-5-7-10-18/h5-12,19H,3-4,13-15H2,1-2H3/t19-/m0/s1. The van der Waals surface area contributed by atoms with Crippen LogP contribution in [0.5, 0.6) is 0 Å². The van der Waals surface area contributed by atoms with E-state index in [4.69, 9.17) is 4.74 Å². The molecule has 0 radical (unpaired) electrons. The molecule has 5 nitrogen and oxygen atoms in total. The molecule has 1 aliphatic rings. The van der Waals surface area contributed by atoms with Gasteiger partial charge in [0.15, 0.2) is 12.4 Å². The van der Waals surface area contributed by atoms with Crippen molar-refractivity contribution in [3.8, 4) is 0 Å². The molecule has 1 saturated heterocycles. The van der Waals surface area contributed by atoms with Crippen molar-refractivity contribution in [3.05, 3.63) is 65.2 Å². The number of ketones is 1. The fraction of sp³-hybridized carbons (Fsp3) is 0.348.